The van der Waals surface area contributed by atoms with Crippen molar-refractivity contribution in [1.82, 2.24) is 5.32 Å². The molecule has 0 aromatic heterocycles. The zero-order valence-corrected chi connectivity index (χ0v) is 15.8. The maximum atomic E-state index is 13.5. The summed E-state index contributed by atoms with van der Waals surface area (Å²) >= 11 is 0. The quantitative estimate of drug-likeness (QED) is 0.708. The van der Waals surface area contributed by atoms with E-state index in [0.29, 0.717) is 18.3 Å². The minimum absolute atomic E-state index is 0.00843. The predicted molar refractivity (Wildman–Crippen MR) is 105 cm³/mol. The Hall–Kier alpha value is -3.30. The largest absolute Gasteiger partial charge is 0.381 e. The molecular formula is C21H19F2N3O4. The van der Waals surface area contributed by atoms with Crippen molar-refractivity contribution in [3.05, 3.63) is 65.7 Å². The normalized spacial score (nSPS) is 19.3. The molecule has 0 bridgehead atoms. The van der Waals surface area contributed by atoms with Gasteiger partial charge in [0.1, 0.15) is 11.6 Å². The third kappa shape index (κ3) is 3.77. The van der Waals surface area contributed by atoms with Crippen LogP contribution in [0.2, 0.25) is 0 Å². The first-order chi connectivity index (χ1) is 14.3. The second-order valence-electron chi connectivity index (χ2n) is 7.05. The number of nitrogens with zero attached hydrogens (tertiary/aromatic N) is 1. The Kier molecular flexibility index (Phi) is 5.23. The van der Waals surface area contributed by atoms with Crippen LogP contribution in [-0.2, 0) is 20.9 Å². The van der Waals surface area contributed by atoms with Crippen molar-refractivity contribution in [3.8, 4) is 0 Å². The van der Waals surface area contributed by atoms with Crippen molar-refractivity contribution in [2.75, 3.05) is 23.4 Å². The summed E-state index contributed by atoms with van der Waals surface area (Å²) in [5.41, 5.74) is 3.11. The van der Waals surface area contributed by atoms with Crippen LogP contribution < -0.4 is 15.5 Å². The smallest absolute Gasteiger partial charge is 0.259 e. The van der Waals surface area contributed by atoms with Crippen molar-refractivity contribution in [1.29, 1.82) is 0 Å². The number of halogens is 2. The van der Waals surface area contributed by atoms with E-state index < -0.39 is 35.7 Å². The number of aliphatic hydroxyl groups excluding tert-OH is 1. The van der Waals surface area contributed by atoms with Crippen LogP contribution in [0.25, 0.3) is 5.70 Å². The van der Waals surface area contributed by atoms with E-state index in [1.54, 1.807) is 18.2 Å². The maximum Gasteiger partial charge on any atom is 0.259 e. The van der Waals surface area contributed by atoms with Crippen LogP contribution in [0.3, 0.4) is 0 Å². The van der Waals surface area contributed by atoms with E-state index >= 15 is 0 Å². The molecule has 0 spiro atoms. The number of ether oxygens (including phenoxy) is 1. The highest BCUT2D eigenvalue weighted by atomic mass is 19.1. The summed E-state index contributed by atoms with van der Waals surface area (Å²) in [6.45, 7) is 4.48. The van der Waals surface area contributed by atoms with Gasteiger partial charge in [0, 0.05) is 41.8 Å². The van der Waals surface area contributed by atoms with Crippen LogP contribution in [0.4, 0.5) is 20.2 Å². The molecule has 3 N–H and O–H groups in total. The fraction of sp³-hybridized carbons (Fsp3) is 0.238. The molecule has 2 atom stereocenters. The Balaban J connectivity index is 1.48. The van der Waals surface area contributed by atoms with Gasteiger partial charge in [0.05, 0.1) is 6.61 Å². The van der Waals surface area contributed by atoms with Gasteiger partial charge in [-0.15, -0.1) is 0 Å². The van der Waals surface area contributed by atoms with Gasteiger partial charge >= 0.3 is 0 Å². The van der Waals surface area contributed by atoms with E-state index in [0.717, 1.165) is 33.9 Å². The van der Waals surface area contributed by atoms with Gasteiger partial charge in [0.2, 0.25) is 0 Å². The van der Waals surface area contributed by atoms with Gasteiger partial charge in [-0.25, -0.2) is 8.78 Å². The number of benzene rings is 2. The lowest BCUT2D eigenvalue weighted by molar-refractivity contribution is -0.150. The topological polar surface area (TPSA) is 90.9 Å². The summed E-state index contributed by atoms with van der Waals surface area (Å²) in [5, 5.41) is 16.1. The highest BCUT2D eigenvalue weighted by Gasteiger charge is 2.39. The van der Waals surface area contributed by atoms with E-state index in [4.69, 9.17) is 4.74 Å². The predicted octanol–water partition coefficient (Wildman–Crippen LogP) is 1.77. The number of anilines is 2. The SMILES string of the molecule is C=C1NCc2cc(NC(=O)C(O)C3OCCN(c4cc(F)cc(F)c4)C3=O)ccc21. The van der Waals surface area contributed by atoms with Crippen LogP contribution in [-0.4, -0.2) is 42.3 Å². The molecule has 1 saturated heterocycles. The first kappa shape index (κ1) is 20.0. The van der Waals surface area contributed by atoms with Crippen molar-refractivity contribution >= 4 is 28.9 Å². The molecule has 0 aliphatic carbocycles. The average Bonchev–Trinajstić information content (AvgIpc) is 3.07. The number of hydrogen-bond donors (Lipinski definition) is 3. The maximum absolute atomic E-state index is 13.5. The summed E-state index contributed by atoms with van der Waals surface area (Å²) in [6.07, 6.45) is -3.30. The van der Waals surface area contributed by atoms with E-state index in [1.165, 1.54) is 0 Å². The number of morpholine rings is 1. The second-order valence-corrected chi connectivity index (χ2v) is 7.05. The number of rotatable bonds is 4. The Morgan fingerprint density at radius 3 is 2.73 bits per heavy atom. The van der Waals surface area contributed by atoms with Crippen LogP contribution in [0.15, 0.2) is 43.0 Å². The number of amides is 2. The number of hydrogen-bond acceptors (Lipinski definition) is 5. The van der Waals surface area contributed by atoms with Crippen LogP contribution >= 0.6 is 0 Å². The van der Waals surface area contributed by atoms with Gasteiger partial charge in [-0.2, -0.15) is 0 Å². The van der Waals surface area contributed by atoms with Gasteiger partial charge in [0.25, 0.3) is 11.8 Å². The molecule has 1 fully saturated rings. The second kappa shape index (κ2) is 7.85. The standard InChI is InChI=1S/C21H19F2N3O4/c1-11-17-3-2-15(6-12(17)10-24-11)25-20(28)18(27)19-21(29)26(4-5-30-19)16-8-13(22)7-14(23)9-16/h2-3,6-9,18-19,24,27H,1,4-5,10H2,(H,25,28). The molecule has 2 aliphatic heterocycles. The summed E-state index contributed by atoms with van der Waals surface area (Å²) in [7, 11) is 0. The Bertz CT molecular complexity index is 1020. The van der Waals surface area contributed by atoms with Gasteiger partial charge in [-0.1, -0.05) is 12.6 Å². The van der Waals surface area contributed by atoms with Gasteiger partial charge in [-0.05, 0) is 29.8 Å². The monoisotopic (exact) mass is 415 g/mol. The molecule has 0 saturated carbocycles. The van der Waals surface area contributed by atoms with Gasteiger partial charge in [0.15, 0.2) is 12.2 Å². The molecule has 2 aliphatic rings. The summed E-state index contributed by atoms with van der Waals surface area (Å²) < 4.78 is 32.3. The molecule has 30 heavy (non-hydrogen) atoms. The molecule has 4 rings (SSSR count). The Morgan fingerprint density at radius 1 is 1.27 bits per heavy atom. The Morgan fingerprint density at radius 2 is 2.00 bits per heavy atom. The van der Waals surface area contributed by atoms with Gasteiger partial charge in [-0.3, -0.25) is 9.59 Å². The van der Waals surface area contributed by atoms with Gasteiger partial charge < -0.3 is 25.4 Å². The van der Waals surface area contributed by atoms with Crippen LogP contribution in [0.1, 0.15) is 11.1 Å². The molecule has 7 nitrogen and oxygen atoms in total. The van der Waals surface area contributed by atoms with E-state index in [9.17, 15) is 23.5 Å². The summed E-state index contributed by atoms with van der Waals surface area (Å²) in [6, 6.07) is 7.89. The number of carbonyl (C=O) groups excluding carboxylic acids is 2. The zero-order chi connectivity index (χ0) is 21.4. The lowest BCUT2D eigenvalue weighted by Crippen LogP contribution is -2.55. The molecule has 0 radical (unpaired) electrons. The summed E-state index contributed by atoms with van der Waals surface area (Å²) in [5.74, 6) is -3.27. The fourth-order valence-corrected chi connectivity index (χ4v) is 3.55. The van der Waals surface area contributed by atoms with Crippen molar-refractivity contribution in [3.63, 3.8) is 0 Å². The highest BCUT2D eigenvalue weighted by molar-refractivity contribution is 6.03. The zero-order valence-electron chi connectivity index (χ0n) is 15.8. The third-order valence-corrected chi connectivity index (χ3v) is 5.03. The highest BCUT2D eigenvalue weighted by Crippen LogP contribution is 2.27. The number of nitrogens with one attached hydrogen (secondary N) is 2. The minimum Gasteiger partial charge on any atom is -0.381 e. The van der Waals surface area contributed by atoms with Crippen molar-refractivity contribution in [2.24, 2.45) is 0 Å². The van der Waals surface area contributed by atoms with E-state index in [-0.39, 0.29) is 18.8 Å². The molecule has 2 aromatic carbocycles. The Labute approximate surface area is 170 Å². The van der Waals surface area contributed by atoms with Crippen LogP contribution in [0.5, 0.6) is 0 Å². The number of aliphatic hydroxyl groups is 1. The van der Waals surface area contributed by atoms with Crippen LogP contribution in [0, 0.1) is 11.6 Å². The lowest BCUT2D eigenvalue weighted by Gasteiger charge is -2.34. The number of carbonyl (C=O) groups is 2. The molecule has 9 heteroatoms. The lowest BCUT2D eigenvalue weighted by atomic mass is 10.1. The molecular weight excluding hydrogens is 396 g/mol. The third-order valence-electron chi connectivity index (χ3n) is 5.03. The molecule has 2 heterocycles. The number of fused-ring (bicyclic) bond motifs is 1. The van der Waals surface area contributed by atoms with Crippen molar-refractivity contribution in [2.45, 2.75) is 18.8 Å². The van der Waals surface area contributed by atoms with E-state index in [2.05, 4.69) is 17.2 Å². The molecule has 2 aromatic rings. The molecule has 156 valence electrons. The fourth-order valence-electron chi connectivity index (χ4n) is 3.55. The first-order valence-electron chi connectivity index (χ1n) is 9.27. The molecule has 2 unspecified atom stereocenters. The average molecular weight is 415 g/mol. The first-order valence-corrected chi connectivity index (χ1v) is 9.27. The minimum atomic E-state index is -1.81. The van der Waals surface area contributed by atoms with Crippen molar-refractivity contribution < 1.29 is 28.2 Å². The molecule has 2 amide bonds. The van der Waals surface area contributed by atoms with E-state index in [1.807, 2.05) is 0 Å². The summed E-state index contributed by atoms with van der Waals surface area (Å²) in [4.78, 5) is 26.3.